The molecular weight excluding hydrogens is 320 g/mol. The highest BCUT2D eigenvalue weighted by molar-refractivity contribution is 6.69. The van der Waals surface area contributed by atoms with Crippen molar-refractivity contribution in [2.45, 2.75) is 19.7 Å². The third-order valence-corrected chi connectivity index (χ3v) is 7.74. The molecule has 0 saturated carbocycles. The fourth-order valence-electron chi connectivity index (χ4n) is 2.90. The lowest BCUT2D eigenvalue weighted by molar-refractivity contribution is -0.112. The lowest BCUT2D eigenvalue weighted by Gasteiger charge is -2.32. The molecule has 1 aliphatic heterocycles. The molecule has 1 aliphatic rings. The van der Waals surface area contributed by atoms with E-state index in [2.05, 4.69) is 4.57 Å². The molecule has 2 atom stereocenters. The summed E-state index contributed by atoms with van der Waals surface area (Å²) < 4.78 is 9.59. The van der Waals surface area contributed by atoms with Crippen molar-refractivity contribution in [1.29, 1.82) is 0 Å². The lowest BCUT2D eigenvalue weighted by Crippen LogP contribution is -2.59. The Labute approximate surface area is 143 Å². The van der Waals surface area contributed by atoms with Gasteiger partial charge in [-0.25, -0.2) is 4.73 Å². The molecule has 6 heteroatoms. The number of hydrogen-bond donors (Lipinski definition) is 0. The molecule has 0 aromatic heterocycles. The fourth-order valence-corrected chi connectivity index (χ4v) is 5.49. The number of carbonyl (C=O) groups is 1. The molecule has 3 rings (SSSR count). The molecule has 1 amide bonds. The van der Waals surface area contributed by atoms with Crippen molar-refractivity contribution in [2.24, 2.45) is 0 Å². The molecule has 1 heterocycles. The van der Waals surface area contributed by atoms with Gasteiger partial charge < -0.3 is 4.43 Å². The van der Waals surface area contributed by atoms with Crippen molar-refractivity contribution in [3.05, 3.63) is 71.8 Å². The van der Waals surface area contributed by atoms with Crippen LogP contribution in [0.2, 0.25) is 6.55 Å². The molecule has 5 nitrogen and oxygen atoms in total. The van der Waals surface area contributed by atoms with Crippen LogP contribution in [0.15, 0.2) is 60.7 Å². The number of hydrogen-bond acceptors (Lipinski definition) is 4. The highest BCUT2D eigenvalue weighted by Gasteiger charge is 2.56. The van der Waals surface area contributed by atoms with Gasteiger partial charge in [0.05, 0.1) is 0 Å². The van der Waals surface area contributed by atoms with Crippen LogP contribution in [0.5, 0.6) is 0 Å². The van der Waals surface area contributed by atoms with E-state index in [0.29, 0.717) is 12.2 Å². The lowest BCUT2D eigenvalue weighted by atomic mass is 10.2. The van der Waals surface area contributed by atoms with E-state index in [-0.39, 0.29) is 12.1 Å². The highest BCUT2D eigenvalue weighted by Crippen LogP contribution is 2.37. The second kappa shape index (κ2) is 6.86. The van der Waals surface area contributed by atoms with Crippen LogP contribution >= 0.6 is 0 Å². The van der Waals surface area contributed by atoms with Crippen LogP contribution in [0.3, 0.4) is 0 Å². The van der Waals surface area contributed by atoms with Crippen LogP contribution in [0.1, 0.15) is 29.1 Å². The minimum Gasteiger partial charge on any atom is -0.386 e. The maximum atomic E-state index is 13.0. The first-order valence-corrected chi connectivity index (χ1v) is 10.4. The van der Waals surface area contributed by atoms with Gasteiger partial charge in [0, 0.05) is 12.2 Å². The molecule has 24 heavy (non-hydrogen) atoms. The van der Waals surface area contributed by atoms with Gasteiger partial charge in [-0.3, -0.25) is 14.2 Å². The minimum atomic E-state index is -2.72. The van der Waals surface area contributed by atoms with Crippen molar-refractivity contribution in [2.75, 3.05) is 13.7 Å². The van der Waals surface area contributed by atoms with Gasteiger partial charge in [-0.15, -0.1) is 0 Å². The minimum absolute atomic E-state index is 0.163. The van der Waals surface area contributed by atoms with Crippen LogP contribution in [0.4, 0.5) is 0 Å². The Hall–Kier alpha value is -1.99. The molecule has 2 aromatic carbocycles. The van der Waals surface area contributed by atoms with E-state index in [1.54, 1.807) is 12.1 Å². The molecule has 126 valence electrons. The van der Waals surface area contributed by atoms with Crippen molar-refractivity contribution in [3.63, 3.8) is 0 Å². The fraction of sp³-hybridized carbons (Fsp3) is 0.278. The number of carbonyl (C=O) groups excluding carboxylic acids is 1. The van der Waals surface area contributed by atoms with Crippen molar-refractivity contribution in [1.82, 2.24) is 9.29 Å². The zero-order valence-electron chi connectivity index (χ0n) is 14.2. The van der Waals surface area contributed by atoms with E-state index in [1.807, 2.05) is 69.0 Å². The topological polar surface area (TPSA) is 42.0 Å². The quantitative estimate of drug-likeness (QED) is 0.800. The Morgan fingerprint density at radius 1 is 1.12 bits per heavy atom. The summed E-state index contributed by atoms with van der Waals surface area (Å²) in [7, 11) is -0.760. The van der Waals surface area contributed by atoms with Crippen LogP contribution < -0.4 is 0 Å². The highest BCUT2D eigenvalue weighted by atomic mass is 28.4. The molecule has 2 unspecified atom stereocenters. The summed E-state index contributed by atoms with van der Waals surface area (Å²) in [4.78, 5) is 19.1. The van der Waals surface area contributed by atoms with Gasteiger partial charge in [-0.2, -0.15) is 0 Å². The Bertz CT molecular complexity index is 698. The molecule has 2 aromatic rings. The van der Waals surface area contributed by atoms with E-state index in [9.17, 15) is 4.79 Å². The predicted molar refractivity (Wildman–Crippen MR) is 93.9 cm³/mol. The van der Waals surface area contributed by atoms with Crippen LogP contribution in [0.25, 0.3) is 0 Å². The summed E-state index contributed by atoms with van der Waals surface area (Å²) in [6.07, 6.45) is -0.331. The first-order chi connectivity index (χ1) is 11.6. The molecule has 0 spiro atoms. The third kappa shape index (κ3) is 2.89. The van der Waals surface area contributed by atoms with Crippen molar-refractivity contribution < 1.29 is 14.1 Å². The SMILES string of the molecule is CCO[Si]1(C)N(C(=O)c2ccccc2)OC(c2ccccc2)N1C. The van der Waals surface area contributed by atoms with E-state index in [1.165, 1.54) is 4.73 Å². The summed E-state index contributed by atoms with van der Waals surface area (Å²) in [5, 5.41) is 0. The summed E-state index contributed by atoms with van der Waals surface area (Å²) >= 11 is 0. The van der Waals surface area contributed by atoms with Gasteiger partial charge in [-0.1, -0.05) is 48.5 Å². The first-order valence-electron chi connectivity index (χ1n) is 8.06. The molecule has 1 saturated heterocycles. The van der Waals surface area contributed by atoms with Gasteiger partial charge in [0.15, 0.2) is 6.23 Å². The van der Waals surface area contributed by atoms with E-state index in [4.69, 9.17) is 9.26 Å². The standard InChI is InChI=1S/C18H22N2O3Si/c1-4-22-24(3)19(2)18(16-13-9-6-10-14-16)23-20(24)17(21)15-11-7-5-8-12-15/h5-14,18H,4H2,1-3H3. The van der Waals surface area contributed by atoms with Crippen LogP contribution in [-0.2, 0) is 9.26 Å². The summed E-state index contributed by atoms with van der Waals surface area (Å²) in [6.45, 7) is 4.45. The van der Waals surface area contributed by atoms with E-state index >= 15 is 0 Å². The zero-order valence-corrected chi connectivity index (χ0v) is 15.2. The second-order valence-electron chi connectivity index (χ2n) is 5.81. The van der Waals surface area contributed by atoms with Gasteiger partial charge in [-0.05, 0) is 38.2 Å². The van der Waals surface area contributed by atoms with Gasteiger partial charge in [0.25, 0.3) is 5.91 Å². The van der Waals surface area contributed by atoms with Crippen molar-refractivity contribution in [3.8, 4) is 0 Å². The molecule has 0 aliphatic carbocycles. The number of nitrogens with zero attached hydrogens (tertiary/aromatic N) is 2. The third-order valence-electron chi connectivity index (χ3n) is 4.30. The molecule has 0 N–H and O–H groups in total. The number of benzene rings is 2. The summed E-state index contributed by atoms with van der Waals surface area (Å²) in [6, 6.07) is 19.1. The number of hydroxylamine groups is 1. The number of amides is 1. The number of rotatable bonds is 4. The van der Waals surface area contributed by atoms with Gasteiger partial charge in [0.1, 0.15) is 0 Å². The first kappa shape index (κ1) is 16.9. The predicted octanol–water partition coefficient (Wildman–Crippen LogP) is 3.31. The molecule has 0 bridgehead atoms. The maximum Gasteiger partial charge on any atom is 0.415 e. The maximum absolute atomic E-state index is 13.0. The van der Waals surface area contributed by atoms with Crippen LogP contribution in [0, 0.1) is 0 Å². The molecule has 0 radical (unpaired) electrons. The summed E-state index contributed by atoms with van der Waals surface area (Å²) in [5.41, 5.74) is 1.60. The summed E-state index contributed by atoms with van der Waals surface area (Å²) in [5.74, 6) is -0.163. The Morgan fingerprint density at radius 2 is 1.71 bits per heavy atom. The Morgan fingerprint density at radius 3 is 2.29 bits per heavy atom. The van der Waals surface area contributed by atoms with Crippen molar-refractivity contribution >= 4 is 14.5 Å². The monoisotopic (exact) mass is 342 g/mol. The zero-order chi connectivity index (χ0) is 17.2. The largest absolute Gasteiger partial charge is 0.415 e. The molecule has 1 fully saturated rings. The van der Waals surface area contributed by atoms with E-state index in [0.717, 1.165) is 5.56 Å². The van der Waals surface area contributed by atoms with Gasteiger partial charge >= 0.3 is 8.64 Å². The van der Waals surface area contributed by atoms with Gasteiger partial charge in [0.2, 0.25) is 0 Å². The normalized spacial score (nSPS) is 24.3. The average Bonchev–Trinajstić information content (AvgIpc) is 2.88. The Kier molecular flexibility index (Phi) is 4.82. The molecular formula is C18H22N2O3Si. The van der Waals surface area contributed by atoms with Crippen LogP contribution in [-0.4, -0.2) is 37.5 Å². The second-order valence-corrected chi connectivity index (χ2v) is 9.08. The average molecular weight is 342 g/mol. The smallest absolute Gasteiger partial charge is 0.386 e. The van der Waals surface area contributed by atoms with E-state index < -0.39 is 8.64 Å². The Balaban J connectivity index is 1.96.